The number of aromatic nitrogens is 3. The molecule has 0 bridgehead atoms. The van der Waals surface area contributed by atoms with E-state index in [0.717, 1.165) is 22.9 Å². The van der Waals surface area contributed by atoms with E-state index in [1.54, 1.807) is 21.1 Å². The number of carbonyl (C=O) groups excluding carboxylic acids is 1. The number of carbonyl (C=O) groups is 1. The van der Waals surface area contributed by atoms with E-state index in [0.29, 0.717) is 24.1 Å². The highest BCUT2D eigenvalue weighted by atomic mass is 32.2. The first-order valence-corrected chi connectivity index (χ1v) is 10.4. The summed E-state index contributed by atoms with van der Waals surface area (Å²) in [6.07, 6.45) is 0. The fourth-order valence-corrected chi connectivity index (χ4v) is 3.48. The third-order valence-electron chi connectivity index (χ3n) is 4.20. The molecular weight excluding hydrogens is 404 g/mol. The molecule has 0 aliphatic carbocycles. The van der Waals surface area contributed by atoms with Crippen molar-refractivity contribution in [3.8, 4) is 17.2 Å². The van der Waals surface area contributed by atoms with Gasteiger partial charge in [0.15, 0.2) is 11.0 Å². The van der Waals surface area contributed by atoms with Crippen LogP contribution in [0.25, 0.3) is 5.69 Å². The summed E-state index contributed by atoms with van der Waals surface area (Å²) < 4.78 is 17.4. The number of thioether (sulfide) groups is 1. The number of anilines is 1. The second-order valence-electron chi connectivity index (χ2n) is 6.11. The lowest BCUT2D eigenvalue weighted by Gasteiger charge is -2.12. The highest BCUT2D eigenvalue weighted by molar-refractivity contribution is 7.99. The Morgan fingerprint density at radius 2 is 1.63 bits per heavy atom. The molecule has 0 aliphatic rings. The number of hydrogen-bond donors (Lipinski definition) is 1. The normalized spacial score (nSPS) is 10.5. The van der Waals surface area contributed by atoms with Gasteiger partial charge in [-0.2, -0.15) is 0 Å². The summed E-state index contributed by atoms with van der Waals surface area (Å²) in [5.74, 6) is 2.13. The SMILES string of the molecule is CCOC(=O)CSc1nnc(CNc2ccc(OC)cc2)n1-c1ccc(OC)cc1. The van der Waals surface area contributed by atoms with Gasteiger partial charge >= 0.3 is 5.97 Å². The molecule has 0 spiro atoms. The maximum Gasteiger partial charge on any atom is 0.316 e. The zero-order valence-electron chi connectivity index (χ0n) is 17.1. The molecule has 0 saturated carbocycles. The number of benzene rings is 2. The number of hydrogen-bond acceptors (Lipinski definition) is 8. The van der Waals surface area contributed by atoms with Crippen LogP contribution in [0.2, 0.25) is 0 Å². The molecule has 3 rings (SSSR count). The van der Waals surface area contributed by atoms with E-state index in [1.165, 1.54) is 11.8 Å². The van der Waals surface area contributed by atoms with Gasteiger partial charge in [0.25, 0.3) is 0 Å². The van der Waals surface area contributed by atoms with Crippen LogP contribution < -0.4 is 14.8 Å². The van der Waals surface area contributed by atoms with Gasteiger partial charge in [0.1, 0.15) is 11.5 Å². The maximum absolute atomic E-state index is 11.8. The summed E-state index contributed by atoms with van der Waals surface area (Å²) in [6, 6.07) is 15.2. The zero-order chi connectivity index (χ0) is 21.3. The van der Waals surface area contributed by atoms with Gasteiger partial charge in [-0.3, -0.25) is 9.36 Å². The number of nitrogens with one attached hydrogen (secondary N) is 1. The third kappa shape index (κ3) is 5.44. The van der Waals surface area contributed by atoms with Crippen LogP contribution in [0.5, 0.6) is 11.5 Å². The summed E-state index contributed by atoms with van der Waals surface area (Å²) >= 11 is 1.29. The summed E-state index contributed by atoms with van der Waals surface area (Å²) in [6.45, 7) is 2.58. The van der Waals surface area contributed by atoms with Crippen molar-refractivity contribution < 1.29 is 19.0 Å². The fourth-order valence-electron chi connectivity index (χ4n) is 2.72. The first kappa shape index (κ1) is 21.5. The molecule has 1 N–H and O–H groups in total. The second-order valence-corrected chi connectivity index (χ2v) is 7.05. The molecule has 30 heavy (non-hydrogen) atoms. The number of ether oxygens (including phenoxy) is 3. The van der Waals surface area contributed by atoms with Crippen LogP contribution in [-0.2, 0) is 16.1 Å². The molecule has 0 unspecified atom stereocenters. The molecule has 1 heterocycles. The van der Waals surface area contributed by atoms with Gasteiger partial charge in [0.2, 0.25) is 0 Å². The molecular formula is C21H24N4O4S. The lowest BCUT2D eigenvalue weighted by molar-refractivity contribution is -0.139. The van der Waals surface area contributed by atoms with E-state index < -0.39 is 0 Å². The molecule has 0 radical (unpaired) electrons. The average molecular weight is 429 g/mol. The molecule has 9 heteroatoms. The Balaban J connectivity index is 1.82. The molecule has 0 fully saturated rings. The monoisotopic (exact) mass is 428 g/mol. The molecule has 0 amide bonds. The van der Waals surface area contributed by atoms with Crippen molar-refractivity contribution in [2.45, 2.75) is 18.6 Å². The molecule has 158 valence electrons. The summed E-state index contributed by atoms with van der Waals surface area (Å²) in [4.78, 5) is 11.8. The minimum Gasteiger partial charge on any atom is -0.497 e. The predicted molar refractivity (Wildman–Crippen MR) is 116 cm³/mol. The Labute approximate surface area is 179 Å². The Hall–Kier alpha value is -3.20. The van der Waals surface area contributed by atoms with Gasteiger partial charge in [-0.05, 0) is 55.5 Å². The molecule has 1 aromatic heterocycles. The third-order valence-corrected chi connectivity index (χ3v) is 5.10. The second kappa shape index (κ2) is 10.5. The Morgan fingerprint density at radius 1 is 1.00 bits per heavy atom. The van der Waals surface area contributed by atoms with Crippen molar-refractivity contribution in [1.82, 2.24) is 14.8 Å². The first-order valence-electron chi connectivity index (χ1n) is 9.39. The fraction of sp³-hybridized carbons (Fsp3) is 0.286. The highest BCUT2D eigenvalue weighted by Gasteiger charge is 2.16. The lowest BCUT2D eigenvalue weighted by atomic mass is 10.3. The number of rotatable bonds is 10. The van der Waals surface area contributed by atoms with Crippen molar-refractivity contribution >= 4 is 23.4 Å². The maximum atomic E-state index is 11.8. The number of methoxy groups -OCH3 is 2. The van der Waals surface area contributed by atoms with E-state index >= 15 is 0 Å². The topological polar surface area (TPSA) is 87.5 Å². The number of nitrogens with zero attached hydrogens (tertiary/aromatic N) is 3. The highest BCUT2D eigenvalue weighted by Crippen LogP contribution is 2.25. The van der Waals surface area contributed by atoms with Crippen LogP contribution in [0.3, 0.4) is 0 Å². The molecule has 0 atom stereocenters. The van der Waals surface area contributed by atoms with Crippen LogP contribution >= 0.6 is 11.8 Å². The minimum atomic E-state index is -0.287. The zero-order valence-corrected chi connectivity index (χ0v) is 17.9. The van der Waals surface area contributed by atoms with Crippen LogP contribution in [-0.4, -0.2) is 47.3 Å². The van der Waals surface area contributed by atoms with Crippen molar-refractivity contribution in [2.75, 3.05) is 31.9 Å². The van der Waals surface area contributed by atoms with E-state index in [1.807, 2.05) is 53.1 Å². The molecule has 0 aliphatic heterocycles. The van der Waals surface area contributed by atoms with Gasteiger partial charge in [-0.1, -0.05) is 11.8 Å². The largest absolute Gasteiger partial charge is 0.497 e. The molecule has 0 saturated heterocycles. The lowest BCUT2D eigenvalue weighted by Crippen LogP contribution is -2.10. The molecule has 2 aromatic carbocycles. The van der Waals surface area contributed by atoms with E-state index in [-0.39, 0.29) is 11.7 Å². The first-order chi connectivity index (χ1) is 14.6. The summed E-state index contributed by atoms with van der Waals surface area (Å²) in [5, 5.41) is 12.6. The molecule has 3 aromatic rings. The van der Waals surface area contributed by atoms with E-state index in [2.05, 4.69) is 15.5 Å². The van der Waals surface area contributed by atoms with Crippen molar-refractivity contribution in [3.05, 3.63) is 54.4 Å². The van der Waals surface area contributed by atoms with Crippen molar-refractivity contribution in [2.24, 2.45) is 0 Å². The van der Waals surface area contributed by atoms with Crippen LogP contribution in [0.15, 0.2) is 53.7 Å². The average Bonchev–Trinajstić information content (AvgIpc) is 3.19. The van der Waals surface area contributed by atoms with Gasteiger partial charge in [0, 0.05) is 11.4 Å². The van der Waals surface area contributed by atoms with Gasteiger partial charge in [-0.25, -0.2) is 0 Å². The Bertz CT molecular complexity index is 958. The van der Waals surface area contributed by atoms with E-state index in [9.17, 15) is 4.79 Å². The Morgan fingerprint density at radius 3 is 2.23 bits per heavy atom. The van der Waals surface area contributed by atoms with Gasteiger partial charge in [0.05, 0.1) is 33.1 Å². The van der Waals surface area contributed by atoms with Crippen LogP contribution in [0, 0.1) is 0 Å². The van der Waals surface area contributed by atoms with Gasteiger partial charge in [-0.15, -0.1) is 10.2 Å². The smallest absolute Gasteiger partial charge is 0.316 e. The van der Waals surface area contributed by atoms with Gasteiger partial charge < -0.3 is 19.5 Å². The summed E-state index contributed by atoms with van der Waals surface area (Å²) in [7, 11) is 3.26. The standard InChI is InChI=1S/C21H24N4O4S/c1-4-29-20(26)14-30-21-24-23-19(13-22-15-5-9-17(27-2)10-6-15)25(21)16-7-11-18(28-3)12-8-16/h5-12,22H,4,13-14H2,1-3H3. The van der Waals surface area contributed by atoms with Crippen LogP contribution in [0.1, 0.15) is 12.7 Å². The number of esters is 1. The van der Waals surface area contributed by atoms with Crippen LogP contribution in [0.4, 0.5) is 5.69 Å². The Kier molecular flexibility index (Phi) is 7.56. The molecule has 8 nitrogen and oxygen atoms in total. The van der Waals surface area contributed by atoms with Crippen molar-refractivity contribution in [3.63, 3.8) is 0 Å². The predicted octanol–water partition coefficient (Wildman–Crippen LogP) is 3.55. The van der Waals surface area contributed by atoms with Crippen molar-refractivity contribution in [1.29, 1.82) is 0 Å². The quantitative estimate of drug-likeness (QED) is 0.387. The van der Waals surface area contributed by atoms with E-state index in [4.69, 9.17) is 14.2 Å². The minimum absolute atomic E-state index is 0.161. The summed E-state index contributed by atoms with van der Waals surface area (Å²) in [5.41, 5.74) is 1.81.